The monoisotopic (exact) mass is 519 g/mol. The number of nitriles is 1. The van der Waals surface area contributed by atoms with Gasteiger partial charge in [-0.2, -0.15) is 28.4 Å². The van der Waals surface area contributed by atoms with E-state index in [-0.39, 0.29) is 47.4 Å². The smallest absolute Gasteiger partial charge is 0.416 e. The Hall–Kier alpha value is -3.92. The Morgan fingerprint density at radius 2 is 1.89 bits per heavy atom. The summed E-state index contributed by atoms with van der Waals surface area (Å²) in [5.74, 6) is -1.28. The minimum atomic E-state index is -4.70. The molecule has 1 aliphatic rings. The summed E-state index contributed by atoms with van der Waals surface area (Å²) in [6, 6.07) is 3.94. The van der Waals surface area contributed by atoms with Gasteiger partial charge in [0.15, 0.2) is 17.2 Å². The van der Waals surface area contributed by atoms with Crippen LogP contribution in [0.25, 0.3) is 0 Å². The van der Waals surface area contributed by atoms with Gasteiger partial charge < -0.3 is 25.6 Å². The molecule has 10 nitrogen and oxygen atoms in total. The molecule has 0 radical (unpaired) electrons. The molecule has 37 heavy (non-hydrogen) atoms. The van der Waals surface area contributed by atoms with Crippen molar-refractivity contribution in [3.05, 3.63) is 40.5 Å². The number of nitrogen functional groups attached to an aromatic ring is 1. The zero-order valence-electron chi connectivity index (χ0n) is 20.7. The molecule has 198 valence electrons. The minimum Gasteiger partial charge on any atom is -0.477 e. The fraction of sp³-hybridized carbons (Fsp3) is 0.458. The fourth-order valence-corrected chi connectivity index (χ4v) is 3.82. The van der Waals surface area contributed by atoms with Gasteiger partial charge in [0.2, 0.25) is 11.8 Å². The van der Waals surface area contributed by atoms with Crippen LogP contribution in [0.5, 0.6) is 5.88 Å². The average Bonchev–Trinajstić information content (AvgIpc) is 2.83. The van der Waals surface area contributed by atoms with Gasteiger partial charge in [-0.15, -0.1) is 0 Å². The van der Waals surface area contributed by atoms with Crippen molar-refractivity contribution in [3.8, 4) is 11.9 Å². The highest BCUT2D eigenvalue weighted by molar-refractivity contribution is 5.95. The number of carbonyl (C=O) groups is 2. The van der Waals surface area contributed by atoms with Crippen molar-refractivity contribution in [1.82, 2.24) is 19.8 Å². The molecule has 2 heterocycles. The highest BCUT2D eigenvalue weighted by atomic mass is 19.4. The minimum absolute atomic E-state index is 0.0331. The number of nitrogens with zero attached hydrogens (tertiary/aromatic N) is 5. The Bertz CT molecular complexity index is 1210. The normalized spacial score (nSPS) is 15.1. The molecule has 3 rings (SSSR count). The van der Waals surface area contributed by atoms with Crippen LogP contribution in [0.1, 0.15) is 40.9 Å². The third-order valence-corrected chi connectivity index (χ3v) is 5.86. The molecule has 0 bridgehead atoms. The number of likely N-dealkylation sites (N-methyl/N-ethyl adjacent to an activating group) is 1. The largest absolute Gasteiger partial charge is 0.477 e. The van der Waals surface area contributed by atoms with Crippen LogP contribution < -0.4 is 15.8 Å². The molecule has 1 amide bonds. The van der Waals surface area contributed by atoms with Gasteiger partial charge in [-0.3, -0.25) is 9.59 Å². The number of ketones is 1. The van der Waals surface area contributed by atoms with E-state index in [1.807, 2.05) is 18.0 Å². The number of aromatic nitrogens is 2. The van der Waals surface area contributed by atoms with Crippen LogP contribution in [0.2, 0.25) is 0 Å². The third kappa shape index (κ3) is 6.85. The Kier molecular flexibility index (Phi) is 8.54. The van der Waals surface area contributed by atoms with Gasteiger partial charge in [-0.05, 0) is 44.7 Å². The van der Waals surface area contributed by atoms with E-state index >= 15 is 0 Å². The lowest BCUT2D eigenvalue weighted by Crippen LogP contribution is -2.47. The molecule has 13 heteroatoms. The van der Waals surface area contributed by atoms with E-state index in [2.05, 4.69) is 15.3 Å². The first-order chi connectivity index (χ1) is 17.4. The quantitative estimate of drug-likeness (QED) is 0.538. The summed E-state index contributed by atoms with van der Waals surface area (Å²) in [5, 5.41) is 12.3. The van der Waals surface area contributed by atoms with Gasteiger partial charge in [-0.1, -0.05) is 0 Å². The van der Waals surface area contributed by atoms with Crippen molar-refractivity contribution in [2.24, 2.45) is 0 Å². The fourth-order valence-electron chi connectivity index (χ4n) is 3.82. The van der Waals surface area contributed by atoms with Crippen LogP contribution in [-0.2, 0) is 17.4 Å². The standard InChI is InChI=1S/C24H28F3N7O3/c1-4-37-21-18(13-28)20(31-23(29)32-21)30-14(2)19(35)11-15-9-16(12-17(10-15)24(25,26)27)22(36)34-7-5-33(3)6-8-34/h9-10,12,14H,4-8,11H2,1-3H3,(H3,29,30,31,32)/t14-/m0/s1. The molecule has 1 saturated heterocycles. The topological polar surface area (TPSA) is 137 Å². The van der Waals surface area contributed by atoms with E-state index in [1.54, 1.807) is 6.92 Å². The highest BCUT2D eigenvalue weighted by Gasteiger charge is 2.33. The third-order valence-electron chi connectivity index (χ3n) is 5.86. The van der Waals surface area contributed by atoms with Crippen molar-refractivity contribution < 1.29 is 27.5 Å². The van der Waals surface area contributed by atoms with Crippen molar-refractivity contribution in [2.45, 2.75) is 32.5 Å². The highest BCUT2D eigenvalue weighted by Crippen LogP contribution is 2.31. The Morgan fingerprint density at radius 3 is 2.49 bits per heavy atom. The molecule has 3 N–H and O–H groups in total. The summed E-state index contributed by atoms with van der Waals surface area (Å²) in [5.41, 5.74) is 4.53. The van der Waals surface area contributed by atoms with Gasteiger partial charge in [0.05, 0.1) is 18.2 Å². The summed E-state index contributed by atoms with van der Waals surface area (Å²) < 4.78 is 46.1. The molecule has 0 spiro atoms. The molecule has 1 atom stereocenters. The van der Waals surface area contributed by atoms with E-state index in [4.69, 9.17) is 10.5 Å². The lowest BCUT2D eigenvalue weighted by atomic mass is 9.98. The second-order valence-electron chi connectivity index (χ2n) is 8.68. The number of nitrogens with two attached hydrogens (primary N) is 1. The van der Waals surface area contributed by atoms with Crippen LogP contribution in [0, 0.1) is 11.3 Å². The number of hydrogen-bond acceptors (Lipinski definition) is 9. The molecule has 1 fully saturated rings. The zero-order chi connectivity index (χ0) is 27.3. The van der Waals surface area contributed by atoms with E-state index < -0.39 is 29.5 Å². The summed E-state index contributed by atoms with van der Waals surface area (Å²) in [6.45, 7) is 5.40. The number of carbonyl (C=O) groups excluding carboxylic acids is 2. The van der Waals surface area contributed by atoms with Crippen LogP contribution >= 0.6 is 0 Å². The Morgan fingerprint density at radius 1 is 1.22 bits per heavy atom. The number of hydrogen-bond donors (Lipinski definition) is 2. The lowest BCUT2D eigenvalue weighted by Gasteiger charge is -2.32. The molecule has 1 aromatic heterocycles. The number of amides is 1. The molecular weight excluding hydrogens is 491 g/mol. The van der Waals surface area contributed by atoms with Crippen molar-refractivity contribution in [2.75, 3.05) is 50.9 Å². The Balaban J connectivity index is 1.84. The maximum absolute atomic E-state index is 13.6. The number of halogens is 3. The van der Waals surface area contributed by atoms with Crippen molar-refractivity contribution in [1.29, 1.82) is 5.26 Å². The second-order valence-corrected chi connectivity index (χ2v) is 8.68. The molecule has 0 unspecified atom stereocenters. The van der Waals surface area contributed by atoms with Crippen LogP contribution in [0.4, 0.5) is 24.9 Å². The van der Waals surface area contributed by atoms with Gasteiger partial charge in [-0.25, -0.2) is 0 Å². The average molecular weight is 520 g/mol. The SMILES string of the molecule is CCOc1nc(N)nc(N[C@@H](C)C(=O)Cc2cc(C(=O)N3CCN(C)CC3)cc(C(F)(F)F)c2)c1C#N. The molecule has 1 aliphatic heterocycles. The predicted octanol–water partition coefficient (Wildman–Crippen LogP) is 2.35. The number of piperazine rings is 1. The number of Topliss-reactive ketones (excluding diaryl/α,β-unsaturated/α-hetero) is 1. The van der Waals surface area contributed by atoms with E-state index in [0.29, 0.717) is 26.2 Å². The molecular formula is C24H28F3N7O3. The zero-order valence-corrected chi connectivity index (χ0v) is 20.7. The van der Waals surface area contributed by atoms with Gasteiger partial charge in [0, 0.05) is 38.2 Å². The van der Waals surface area contributed by atoms with E-state index in [1.165, 1.54) is 17.9 Å². The summed E-state index contributed by atoms with van der Waals surface area (Å²) >= 11 is 0. The van der Waals surface area contributed by atoms with Crippen molar-refractivity contribution in [3.63, 3.8) is 0 Å². The van der Waals surface area contributed by atoms with Gasteiger partial charge in [0.1, 0.15) is 6.07 Å². The maximum Gasteiger partial charge on any atom is 0.416 e. The number of rotatable bonds is 8. The molecule has 2 aromatic rings. The number of anilines is 2. The van der Waals surface area contributed by atoms with Crippen LogP contribution in [0.15, 0.2) is 18.2 Å². The lowest BCUT2D eigenvalue weighted by molar-refractivity contribution is -0.137. The van der Waals surface area contributed by atoms with Crippen LogP contribution in [0.3, 0.4) is 0 Å². The molecule has 1 aromatic carbocycles. The first-order valence-corrected chi connectivity index (χ1v) is 11.6. The molecule has 0 aliphatic carbocycles. The summed E-state index contributed by atoms with van der Waals surface area (Å²) in [6.07, 6.45) is -5.09. The van der Waals surface area contributed by atoms with Crippen LogP contribution in [-0.4, -0.2) is 77.3 Å². The first kappa shape index (κ1) is 27.7. The number of ether oxygens (including phenoxy) is 1. The maximum atomic E-state index is 13.6. The first-order valence-electron chi connectivity index (χ1n) is 11.6. The molecule has 0 saturated carbocycles. The second kappa shape index (κ2) is 11.4. The van der Waals surface area contributed by atoms with Gasteiger partial charge >= 0.3 is 6.18 Å². The van der Waals surface area contributed by atoms with E-state index in [9.17, 15) is 28.0 Å². The number of benzene rings is 1. The van der Waals surface area contributed by atoms with Gasteiger partial charge in [0.25, 0.3) is 5.91 Å². The number of alkyl halides is 3. The number of nitrogens with one attached hydrogen (secondary N) is 1. The summed E-state index contributed by atoms with van der Waals surface area (Å²) in [4.78, 5) is 37.3. The summed E-state index contributed by atoms with van der Waals surface area (Å²) in [7, 11) is 1.90. The predicted molar refractivity (Wildman–Crippen MR) is 129 cm³/mol. The van der Waals surface area contributed by atoms with Crippen molar-refractivity contribution >= 4 is 23.5 Å². The Labute approximate surface area is 212 Å². The van der Waals surface area contributed by atoms with E-state index in [0.717, 1.165) is 12.1 Å².